The van der Waals surface area contributed by atoms with E-state index < -0.39 is 24.5 Å². The molecule has 0 radical (unpaired) electrons. The summed E-state index contributed by atoms with van der Waals surface area (Å²) < 4.78 is 82.2. The van der Waals surface area contributed by atoms with E-state index in [0.717, 1.165) is 11.8 Å². The zero-order valence-corrected chi connectivity index (χ0v) is 20.8. The van der Waals surface area contributed by atoms with Gasteiger partial charge in [-0.1, -0.05) is 36.4 Å². The second-order valence-corrected chi connectivity index (χ2v) is 9.59. The van der Waals surface area contributed by atoms with Crippen LogP contribution in [-0.2, 0) is 19.1 Å². The lowest BCUT2D eigenvalue weighted by atomic mass is 10.1. The fraction of sp³-hybridized carbons (Fsp3) is 0.269. The van der Waals surface area contributed by atoms with E-state index in [1.54, 1.807) is 48.7 Å². The largest absolute Gasteiger partial charge is 0.434 e. The molecule has 0 spiro atoms. The summed E-state index contributed by atoms with van der Waals surface area (Å²) in [6, 6.07) is 11.1. The van der Waals surface area contributed by atoms with Gasteiger partial charge in [-0.25, -0.2) is 9.97 Å². The summed E-state index contributed by atoms with van der Waals surface area (Å²) in [5.41, 5.74) is 1.37. The van der Waals surface area contributed by atoms with Crippen LogP contribution in [0.3, 0.4) is 0 Å². The summed E-state index contributed by atoms with van der Waals surface area (Å²) in [5, 5.41) is 1.31. The molecule has 0 fully saturated rings. The number of rotatable bonds is 5. The highest BCUT2D eigenvalue weighted by Gasteiger charge is 2.35. The molecule has 0 atom stereocenters. The Hall–Kier alpha value is -3.60. The van der Waals surface area contributed by atoms with Crippen molar-refractivity contribution in [2.24, 2.45) is 0 Å². The van der Waals surface area contributed by atoms with E-state index in [1.165, 1.54) is 22.9 Å². The first kappa shape index (κ1) is 26.0. The maximum Gasteiger partial charge on any atom is 0.434 e. The van der Waals surface area contributed by atoms with E-state index in [9.17, 15) is 26.3 Å². The molecule has 0 aliphatic carbocycles. The molecule has 0 saturated heterocycles. The minimum absolute atomic E-state index is 0.00610. The monoisotopic (exact) mass is 551 g/mol. The summed E-state index contributed by atoms with van der Waals surface area (Å²) in [4.78, 5) is 12.1. The molecule has 3 heterocycles. The average Bonchev–Trinajstić information content (AvgIpc) is 3.39. The van der Waals surface area contributed by atoms with E-state index in [4.69, 9.17) is 11.6 Å². The predicted octanol–water partition coefficient (Wildman–Crippen LogP) is 7.85. The minimum Gasteiger partial charge on any atom is -0.328 e. The third kappa shape index (κ3) is 5.07. The maximum atomic E-state index is 13.3. The third-order valence-electron chi connectivity index (χ3n) is 6.17. The third-order valence-corrected chi connectivity index (χ3v) is 6.36. The molecular weight excluding hydrogens is 532 g/mol. The van der Waals surface area contributed by atoms with Crippen molar-refractivity contribution >= 4 is 33.5 Å². The molecule has 12 heteroatoms. The van der Waals surface area contributed by atoms with E-state index in [1.807, 2.05) is 0 Å². The number of fused-ring (bicyclic) bond motifs is 3. The highest BCUT2D eigenvalue weighted by atomic mass is 35.5. The van der Waals surface area contributed by atoms with Gasteiger partial charge in [0, 0.05) is 41.3 Å². The number of benzene rings is 2. The highest BCUT2D eigenvalue weighted by molar-refractivity contribution is 6.28. The highest BCUT2D eigenvalue weighted by Crippen LogP contribution is 2.34. The summed E-state index contributed by atoms with van der Waals surface area (Å²) in [6.45, 7) is 3.76. The normalized spacial score (nSPS) is 12.8. The number of alkyl halides is 6. The Morgan fingerprint density at radius 3 is 2.21 bits per heavy atom. The Bertz CT molecular complexity index is 1630. The SMILES string of the molecule is CC(C)n1cc(C(F)(F)F)nc1-c1ccc(Cn2c3cc(CC(F)(F)F)ccc3c3cnc(Cl)nc32)cc1. The quantitative estimate of drug-likeness (QED) is 0.165. The van der Waals surface area contributed by atoms with Gasteiger partial charge in [0.05, 0.1) is 11.9 Å². The van der Waals surface area contributed by atoms with Crippen molar-refractivity contribution < 1.29 is 26.3 Å². The van der Waals surface area contributed by atoms with Gasteiger partial charge in [-0.05, 0) is 42.6 Å². The Morgan fingerprint density at radius 1 is 0.895 bits per heavy atom. The van der Waals surface area contributed by atoms with Crippen LogP contribution in [0.2, 0.25) is 5.28 Å². The Morgan fingerprint density at radius 2 is 1.58 bits per heavy atom. The van der Waals surface area contributed by atoms with Gasteiger partial charge in [-0.3, -0.25) is 0 Å². The molecule has 0 saturated carbocycles. The van der Waals surface area contributed by atoms with Crippen molar-refractivity contribution in [3.8, 4) is 11.4 Å². The molecular formula is C26H20ClF6N5. The van der Waals surface area contributed by atoms with Crippen LogP contribution in [0.5, 0.6) is 0 Å². The topological polar surface area (TPSA) is 48.5 Å². The molecule has 0 unspecified atom stereocenters. The van der Waals surface area contributed by atoms with E-state index >= 15 is 0 Å². The standard InChI is InChI=1S/C26H20ClF6N5/c1-14(2)37-13-21(26(31,32)33)35-22(37)17-6-3-15(4-7-17)12-38-20-9-16(10-25(28,29)30)5-8-18(20)19-11-34-24(27)36-23(19)38/h3-9,11,13-14H,10,12H2,1-2H3. The van der Waals surface area contributed by atoms with E-state index in [0.29, 0.717) is 27.5 Å². The van der Waals surface area contributed by atoms with E-state index in [-0.39, 0.29) is 29.3 Å². The van der Waals surface area contributed by atoms with Crippen LogP contribution < -0.4 is 0 Å². The Kier molecular flexibility index (Phi) is 6.37. The molecule has 0 bridgehead atoms. The first-order valence-corrected chi connectivity index (χ1v) is 11.9. The molecule has 0 N–H and O–H groups in total. The molecule has 198 valence electrons. The lowest BCUT2D eigenvalue weighted by Gasteiger charge is -2.12. The van der Waals surface area contributed by atoms with Crippen LogP contribution in [0.15, 0.2) is 54.9 Å². The second kappa shape index (κ2) is 9.30. The molecule has 38 heavy (non-hydrogen) atoms. The Labute approximate surface area is 217 Å². The van der Waals surface area contributed by atoms with Crippen molar-refractivity contribution in [3.05, 3.63) is 77.0 Å². The number of hydrogen-bond acceptors (Lipinski definition) is 3. The van der Waals surface area contributed by atoms with Crippen LogP contribution in [0.25, 0.3) is 33.3 Å². The number of hydrogen-bond donors (Lipinski definition) is 0. The van der Waals surface area contributed by atoms with Gasteiger partial charge in [0.25, 0.3) is 0 Å². The van der Waals surface area contributed by atoms with Gasteiger partial charge >= 0.3 is 12.4 Å². The molecule has 5 nitrogen and oxygen atoms in total. The molecule has 0 amide bonds. The van der Waals surface area contributed by atoms with Crippen LogP contribution in [0, 0.1) is 0 Å². The van der Waals surface area contributed by atoms with Gasteiger partial charge in [-0.15, -0.1) is 0 Å². The summed E-state index contributed by atoms with van der Waals surface area (Å²) in [7, 11) is 0. The minimum atomic E-state index is -4.57. The van der Waals surface area contributed by atoms with Gasteiger partial charge in [0.15, 0.2) is 5.69 Å². The smallest absolute Gasteiger partial charge is 0.328 e. The number of aromatic nitrogens is 5. The van der Waals surface area contributed by atoms with Gasteiger partial charge in [0.2, 0.25) is 5.28 Å². The number of nitrogens with zero attached hydrogens (tertiary/aromatic N) is 5. The predicted molar refractivity (Wildman–Crippen MR) is 132 cm³/mol. The molecule has 3 aromatic heterocycles. The molecule has 2 aromatic carbocycles. The second-order valence-electron chi connectivity index (χ2n) is 9.25. The first-order valence-electron chi connectivity index (χ1n) is 11.6. The summed E-state index contributed by atoms with van der Waals surface area (Å²) >= 11 is 6.03. The zero-order chi connectivity index (χ0) is 27.4. The first-order chi connectivity index (χ1) is 17.8. The summed E-state index contributed by atoms with van der Waals surface area (Å²) in [5.74, 6) is 0.187. The number of halogens is 7. The van der Waals surface area contributed by atoms with Crippen molar-refractivity contribution in [3.63, 3.8) is 0 Å². The molecule has 0 aliphatic heterocycles. The fourth-order valence-electron chi connectivity index (χ4n) is 4.47. The molecule has 0 aliphatic rings. The van der Waals surface area contributed by atoms with Crippen LogP contribution in [0.1, 0.15) is 36.7 Å². The van der Waals surface area contributed by atoms with Crippen LogP contribution in [0.4, 0.5) is 26.3 Å². The summed E-state index contributed by atoms with van der Waals surface area (Å²) in [6.07, 6.45) is -7.49. The van der Waals surface area contributed by atoms with Gasteiger partial charge in [-0.2, -0.15) is 31.3 Å². The Balaban J connectivity index is 1.56. The lowest BCUT2D eigenvalue weighted by molar-refractivity contribution is -0.141. The molecule has 5 rings (SSSR count). The number of imidazole rings is 1. The lowest BCUT2D eigenvalue weighted by Crippen LogP contribution is -2.11. The maximum absolute atomic E-state index is 13.3. The van der Waals surface area contributed by atoms with Crippen molar-refractivity contribution in [1.29, 1.82) is 0 Å². The fourth-order valence-corrected chi connectivity index (χ4v) is 4.60. The van der Waals surface area contributed by atoms with E-state index in [2.05, 4.69) is 15.0 Å². The average molecular weight is 552 g/mol. The van der Waals surface area contributed by atoms with Gasteiger partial charge < -0.3 is 9.13 Å². The van der Waals surface area contributed by atoms with Crippen LogP contribution >= 0.6 is 11.6 Å². The zero-order valence-electron chi connectivity index (χ0n) is 20.1. The molecule has 5 aromatic rings. The van der Waals surface area contributed by atoms with Crippen molar-refractivity contribution in [2.75, 3.05) is 0 Å². The van der Waals surface area contributed by atoms with Gasteiger partial charge in [0.1, 0.15) is 11.5 Å². The van der Waals surface area contributed by atoms with Crippen molar-refractivity contribution in [1.82, 2.24) is 24.1 Å². The van der Waals surface area contributed by atoms with Crippen LogP contribution in [-0.4, -0.2) is 30.3 Å². The van der Waals surface area contributed by atoms with Crippen molar-refractivity contribution in [2.45, 2.75) is 45.2 Å².